The van der Waals surface area contributed by atoms with Crippen LogP contribution in [-0.2, 0) is 0 Å². The minimum atomic E-state index is 0.500. The molecular formula is C9H14N2O. The SMILES string of the molecule is CN1C2CC=C(C=NO)C1CC2. The maximum absolute atomic E-state index is 8.44. The molecule has 3 nitrogen and oxygen atoms in total. The summed E-state index contributed by atoms with van der Waals surface area (Å²) in [6, 6.07) is 1.23. The Morgan fingerprint density at radius 2 is 2.50 bits per heavy atom. The Bertz CT molecular complexity index is 235. The molecule has 0 radical (unpaired) electrons. The van der Waals surface area contributed by atoms with Crippen LogP contribution in [0.25, 0.3) is 0 Å². The highest BCUT2D eigenvalue weighted by Gasteiger charge is 2.34. The normalized spacial score (nSPS) is 35.9. The average molecular weight is 166 g/mol. The summed E-state index contributed by atoms with van der Waals surface area (Å²) < 4.78 is 0. The number of oxime groups is 1. The highest BCUT2D eigenvalue weighted by molar-refractivity contribution is 5.80. The summed E-state index contributed by atoms with van der Waals surface area (Å²) in [6.07, 6.45) is 7.36. The van der Waals surface area contributed by atoms with E-state index in [-0.39, 0.29) is 0 Å². The van der Waals surface area contributed by atoms with Gasteiger partial charge in [-0.25, -0.2) is 0 Å². The van der Waals surface area contributed by atoms with Gasteiger partial charge in [-0.05, 0) is 31.9 Å². The standard InChI is InChI=1S/C9H14N2O/c1-11-8-3-2-7(6-10-12)9(11)5-4-8/h2,6,8-9,12H,3-5H2,1H3. The zero-order valence-electron chi connectivity index (χ0n) is 7.27. The van der Waals surface area contributed by atoms with Crippen LogP contribution in [0.2, 0.25) is 0 Å². The molecule has 2 bridgehead atoms. The average Bonchev–Trinajstić information content (AvgIpc) is 2.33. The van der Waals surface area contributed by atoms with Gasteiger partial charge in [-0.15, -0.1) is 0 Å². The van der Waals surface area contributed by atoms with Gasteiger partial charge in [0, 0.05) is 12.1 Å². The molecule has 1 saturated heterocycles. The molecule has 2 rings (SSSR count). The molecule has 0 saturated carbocycles. The lowest BCUT2D eigenvalue weighted by molar-refractivity contribution is 0.254. The van der Waals surface area contributed by atoms with Crippen molar-refractivity contribution in [3.8, 4) is 0 Å². The number of fused-ring (bicyclic) bond motifs is 2. The predicted octanol–water partition coefficient (Wildman–Crippen LogP) is 1.24. The van der Waals surface area contributed by atoms with E-state index in [2.05, 4.69) is 23.2 Å². The Kier molecular flexibility index (Phi) is 1.89. The Labute approximate surface area is 72.4 Å². The molecular weight excluding hydrogens is 152 g/mol. The van der Waals surface area contributed by atoms with E-state index < -0.39 is 0 Å². The van der Waals surface area contributed by atoms with Crippen molar-refractivity contribution in [1.82, 2.24) is 4.90 Å². The van der Waals surface area contributed by atoms with E-state index in [1.54, 1.807) is 6.21 Å². The summed E-state index contributed by atoms with van der Waals surface area (Å²) in [4.78, 5) is 2.39. The summed E-state index contributed by atoms with van der Waals surface area (Å²) in [5.41, 5.74) is 1.17. The molecule has 0 amide bonds. The lowest BCUT2D eigenvalue weighted by atomic mass is 10.0. The topological polar surface area (TPSA) is 35.8 Å². The van der Waals surface area contributed by atoms with Gasteiger partial charge in [-0.2, -0.15) is 0 Å². The molecule has 2 aliphatic rings. The zero-order chi connectivity index (χ0) is 8.55. The molecule has 2 aliphatic heterocycles. The third kappa shape index (κ3) is 1.05. The van der Waals surface area contributed by atoms with Crippen molar-refractivity contribution in [1.29, 1.82) is 0 Å². The highest BCUT2D eigenvalue weighted by atomic mass is 16.4. The van der Waals surface area contributed by atoms with E-state index in [0.717, 1.165) is 12.5 Å². The molecule has 0 aromatic rings. The molecule has 0 aromatic carbocycles. The summed E-state index contributed by atoms with van der Waals surface area (Å²) in [5.74, 6) is 0. The van der Waals surface area contributed by atoms with E-state index in [1.165, 1.54) is 18.4 Å². The van der Waals surface area contributed by atoms with Gasteiger partial charge in [0.05, 0.1) is 6.21 Å². The molecule has 0 spiro atoms. The van der Waals surface area contributed by atoms with Crippen molar-refractivity contribution < 1.29 is 5.21 Å². The molecule has 0 aliphatic carbocycles. The van der Waals surface area contributed by atoms with Gasteiger partial charge < -0.3 is 5.21 Å². The molecule has 0 aromatic heterocycles. The molecule has 12 heavy (non-hydrogen) atoms. The van der Waals surface area contributed by atoms with Crippen LogP contribution in [-0.4, -0.2) is 35.5 Å². The third-order valence-corrected chi connectivity index (χ3v) is 3.06. The molecule has 66 valence electrons. The van der Waals surface area contributed by atoms with Gasteiger partial charge >= 0.3 is 0 Å². The van der Waals surface area contributed by atoms with E-state index in [1.807, 2.05) is 0 Å². The molecule has 3 heteroatoms. The Morgan fingerprint density at radius 1 is 1.67 bits per heavy atom. The van der Waals surface area contributed by atoms with Crippen LogP contribution >= 0.6 is 0 Å². The third-order valence-electron chi connectivity index (χ3n) is 3.06. The summed E-state index contributed by atoms with van der Waals surface area (Å²) >= 11 is 0. The van der Waals surface area contributed by atoms with Crippen molar-refractivity contribution in [2.45, 2.75) is 31.3 Å². The number of hydrogen-bond acceptors (Lipinski definition) is 3. The Hall–Kier alpha value is -0.830. The minimum absolute atomic E-state index is 0.500. The molecule has 1 fully saturated rings. The fraction of sp³-hybridized carbons (Fsp3) is 0.667. The van der Waals surface area contributed by atoms with Crippen LogP contribution in [0.1, 0.15) is 19.3 Å². The second kappa shape index (κ2) is 2.90. The largest absolute Gasteiger partial charge is 0.411 e. The van der Waals surface area contributed by atoms with E-state index in [4.69, 9.17) is 5.21 Å². The maximum Gasteiger partial charge on any atom is 0.0706 e. The number of hydrogen-bond donors (Lipinski definition) is 1. The number of nitrogens with zero attached hydrogens (tertiary/aromatic N) is 2. The number of likely N-dealkylation sites (N-methyl/N-ethyl adjacent to an activating group) is 1. The van der Waals surface area contributed by atoms with Crippen molar-refractivity contribution in [2.75, 3.05) is 7.05 Å². The first kappa shape index (κ1) is 7.80. The maximum atomic E-state index is 8.44. The van der Waals surface area contributed by atoms with Gasteiger partial charge in [0.15, 0.2) is 0 Å². The zero-order valence-corrected chi connectivity index (χ0v) is 7.27. The first-order valence-corrected chi connectivity index (χ1v) is 4.42. The lowest BCUT2D eigenvalue weighted by Crippen LogP contribution is -2.36. The molecule has 2 unspecified atom stereocenters. The van der Waals surface area contributed by atoms with Gasteiger partial charge in [-0.1, -0.05) is 11.2 Å². The van der Waals surface area contributed by atoms with Crippen molar-refractivity contribution in [3.05, 3.63) is 11.6 Å². The first-order valence-electron chi connectivity index (χ1n) is 4.42. The van der Waals surface area contributed by atoms with Crippen molar-refractivity contribution >= 4 is 6.21 Å². The summed E-state index contributed by atoms with van der Waals surface area (Å²) in [5, 5.41) is 11.5. The summed E-state index contributed by atoms with van der Waals surface area (Å²) in [7, 11) is 2.15. The van der Waals surface area contributed by atoms with Crippen LogP contribution < -0.4 is 0 Å². The van der Waals surface area contributed by atoms with Crippen LogP contribution in [0.4, 0.5) is 0 Å². The molecule has 2 heterocycles. The Morgan fingerprint density at radius 3 is 3.25 bits per heavy atom. The van der Waals surface area contributed by atoms with E-state index in [9.17, 15) is 0 Å². The van der Waals surface area contributed by atoms with Crippen molar-refractivity contribution in [3.63, 3.8) is 0 Å². The highest BCUT2D eigenvalue weighted by Crippen LogP contribution is 2.33. The molecule has 2 atom stereocenters. The second-order valence-electron chi connectivity index (χ2n) is 3.60. The first-order chi connectivity index (χ1) is 5.83. The van der Waals surface area contributed by atoms with Gasteiger partial charge in [0.2, 0.25) is 0 Å². The van der Waals surface area contributed by atoms with Crippen LogP contribution in [0.3, 0.4) is 0 Å². The van der Waals surface area contributed by atoms with Gasteiger partial charge in [0.1, 0.15) is 0 Å². The van der Waals surface area contributed by atoms with E-state index in [0.29, 0.717) is 6.04 Å². The lowest BCUT2D eigenvalue weighted by Gasteiger charge is -2.29. The Balaban J connectivity index is 2.21. The van der Waals surface area contributed by atoms with Crippen LogP contribution in [0.5, 0.6) is 0 Å². The molecule has 1 N–H and O–H groups in total. The van der Waals surface area contributed by atoms with Crippen LogP contribution in [0, 0.1) is 0 Å². The fourth-order valence-electron chi connectivity index (χ4n) is 2.31. The monoisotopic (exact) mass is 166 g/mol. The predicted molar refractivity (Wildman–Crippen MR) is 47.6 cm³/mol. The summed E-state index contributed by atoms with van der Waals surface area (Å²) in [6.45, 7) is 0. The number of rotatable bonds is 1. The smallest absolute Gasteiger partial charge is 0.0706 e. The van der Waals surface area contributed by atoms with E-state index >= 15 is 0 Å². The minimum Gasteiger partial charge on any atom is -0.411 e. The van der Waals surface area contributed by atoms with Crippen molar-refractivity contribution in [2.24, 2.45) is 5.16 Å². The fourth-order valence-corrected chi connectivity index (χ4v) is 2.31. The van der Waals surface area contributed by atoms with Gasteiger partial charge in [-0.3, -0.25) is 4.90 Å². The van der Waals surface area contributed by atoms with Gasteiger partial charge in [0.25, 0.3) is 0 Å². The quantitative estimate of drug-likeness (QED) is 0.361. The van der Waals surface area contributed by atoms with Crippen LogP contribution in [0.15, 0.2) is 16.8 Å². The second-order valence-corrected chi connectivity index (χ2v) is 3.60.